The Morgan fingerprint density at radius 1 is 1.23 bits per heavy atom. The molecule has 2 N–H and O–H groups in total. The van der Waals surface area contributed by atoms with Gasteiger partial charge in [-0.3, -0.25) is 15.1 Å². The number of carbonyl (C=O) groups excluding carboxylic acids is 1. The molecule has 1 heterocycles. The average Bonchev–Trinajstić information content (AvgIpc) is 2.54. The van der Waals surface area contributed by atoms with Crippen LogP contribution in [0.2, 0.25) is 0 Å². The highest BCUT2D eigenvalue weighted by Gasteiger charge is 2.09. The first-order valence-corrected chi connectivity index (χ1v) is 6.23. The van der Waals surface area contributed by atoms with Gasteiger partial charge in [0.1, 0.15) is 0 Å². The van der Waals surface area contributed by atoms with E-state index >= 15 is 0 Å². The average molecular weight is 300 g/mol. The Bertz CT molecular complexity index is 699. The lowest BCUT2D eigenvalue weighted by Crippen LogP contribution is -2.15. The number of hydrogen-bond donors (Lipinski definition) is 1. The highest BCUT2D eigenvalue weighted by molar-refractivity contribution is 5.97. The lowest BCUT2D eigenvalue weighted by atomic mass is 10.1. The largest absolute Gasteiger partial charge is 0.380 e. The molecule has 112 valence electrons. The highest BCUT2D eigenvalue weighted by Crippen LogP contribution is 2.12. The van der Waals surface area contributed by atoms with E-state index in [1.165, 1.54) is 36.7 Å². The molecule has 0 saturated carbocycles. The summed E-state index contributed by atoms with van der Waals surface area (Å²) in [4.78, 5) is 30.2. The number of nitro groups is 1. The minimum Gasteiger partial charge on any atom is -0.380 e. The number of aromatic nitrogens is 1. The van der Waals surface area contributed by atoms with Gasteiger partial charge in [-0.2, -0.15) is 0 Å². The SMILES string of the molecule is N/C(=N/OC(=O)Cc1ccc([N+](=O)[O-])cc1)c1ccncc1. The number of amidine groups is 1. The molecule has 0 aliphatic heterocycles. The quantitative estimate of drug-likeness (QED) is 0.293. The van der Waals surface area contributed by atoms with Crippen molar-refractivity contribution in [2.45, 2.75) is 6.42 Å². The summed E-state index contributed by atoms with van der Waals surface area (Å²) in [7, 11) is 0. The van der Waals surface area contributed by atoms with Crippen LogP contribution in [0.5, 0.6) is 0 Å². The molecule has 0 amide bonds. The second-order valence-electron chi connectivity index (χ2n) is 4.28. The summed E-state index contributed by atoms with van der Waals surface area (Å²) in [5, 5.41) is 14.1. The zero-order chi connectivity index (χ0) is 15.9. The van der Waals surface area contributed by atoms with Gasteiger partial charge in [-0.15, -0.1) is 0 Å². The summed E-state index contributed by atoms with van der Waals surface area (Å²) in [5.41, 5.74) is 6.77. The Kier molecular flexibility index (Phi) is 4.76. The summed E-state index contributed by atoms with van der Waals surface area (Å²) < 4.78 is 0. The summed E-state index contributed by atoms with van der Waals surface area (Å²) in [6.07, 6.45) is 3.01. The Morgan fingerprint density at radius 2 is 1.86 bits per heavy atom. The predicted octanol–water partition coefficient (Wildman–Crippen LogP) is 1.40. The van der Waals surface area contributed by atoms with E-state index in [1.54, 1.807) is 12.1 Å². The lowest BCUT2D eigenvalue weighted by molar-refractivity contribution is -0.384. The lowest BCUT2D eigenvalue weighted by Gasteiger charge is -2.01. The normalized spacial score (nSPS) is 11.0. The van der Waals surface area contributed by atoms with Crippen LogP contribution in [-0.4, -0.2) is 21.7 Å². The van der Waals surface area contributed by atoms with Crippen molar-refractivity contribution >= 4 is 17.5 Å². The molecule has 2 rings (SSSR count). The molecule has 0 unspecified atom stereocenters. The molecule has 0 atom stereocenters. The van der Waals surface area contributed by atoms with Gasteiger partial charge in [-0.1, -0.05) is 17.3 Å². The second-order valence-corrected chi connectivity index (χ2v) is 4.28. The van der Waals surface area contributed by atoms with Crippen molar-refractivity contribution in [1.29, 1.82) is 0 Å². The first kappa shape index (κ1) is 15.1. The van der Waals surface area contributed by atoms with Crippen LogP contribution in [0, 0.1) is 10.1 Å². The summed E-state index contributed by atoms with van der Waals surface area (Å²) in [5.74, 6) is -0.565. The minimum atomic E-state index is -0.620. The smallest absolute Gasteiger partial charge is 0.339 e. The van der Waals surface area contributed by atoms with E-state index in [0.29, 0.717) is 11.1 Å². The number of nitro benzene ring substituents is 1. The van der Waals surface area contributed by atoms with Gasteiger partial charge in [0.15, 0.2) is 5.84 Å². The third kappa shape index (κ3) is 4.10. The predicted molar refractivity (Wildman–Crippen MR) is 77.9 cm³/mol. The van der Waals surface area contributed by atoms with E-state index in [0.717, 1.165) is 0 Å². The van der Waals surface area contributed by atoms with Gasteiger partial charge in [0, 0.05) is 30.1 Å². The maximum atomic E-state index is 11.6. The molecule has 0 radical (unpaired) electrons. The third-order valence-electron chi connectivity index (χ3n) is 2.72. The van der Waals surface area contributed by atoms with Crippen LogP contribution >= 0.6 is 0 Å². The van der Waals surface area contributed by atoms with Crippen molar-refractivity contribution in [2.75, 3.05) is 0 Å². The monoisotopic (exact) mass is 300 g/mol. The Balaban J connectivity index is 1.94. The fraction of sp³-hybridized carbons (Fsp3) is 0.0714. The van der Waals surface area contributed by atoms with E-state index < -0.39 is 10.9 Å². The van der Waals surface area contributed by atoms with Crippen molar-refractivity contribution < 1.29 is 14.6 Å². The zero-order valence-corrected chi connectivity index (χ0v) is 11.4. The van der Waals surface area contributed by atoms with E-state index in [4.69, 9.17) is 10.6 Å². The van der Waals surface area contributed by atoms with Crippen molar-refractivity contribution in [3.63, 3.8) is 0 Å². The molecule has 0 fully saturated rings. The van der Waals surface area contributed by atoms with Crippen LogP contribution in [0.15, 0.2) is 53.9 Å². The molecule has 0 bridgehead atoms. The van der Waals surface area contributed by atoms with Gasteiger partial charge >= 0.3 is 5.97 Å². The Labute approximate surface area is 125 Å². The zero-order valence-electron chi connectivity index (χ0n) is 11.4. The standard InChI is InChI=1S/C14H12N4O4/c15-14(11-5-7-16-8-6-11)17-22-13(19)9-10-1-3-12(4-2-10)18(20)21/h1-8H,9H2,(H2,15,17). The molecule has 0 aliphatic rings. The number of pyridine rings is 1. The number of non-ortho nitro benzene ring substituents is 1. The van der Waals surface area contributed by atoms with E-state index in [1.807, 2.05) is 0 Å². The Morgan fingerprint density at radius 3 is 2.45 bits per heavy atom. The van der Waals surface area contributed by atoms with E-state index in [9.17, 15) is 14.9 Å². The molecule has 8 heteroatoms. The van der Waals surface area contributed by atoms with Crippen molar-refractivity contribution in [1.82, 2.24) is 4.98 Å². The molecule has 1 aromatic heterocycles. The topological polar surface area (TPSA) is 121 Å². The molecule has 0 saturated heterocycles. The minimum absolute atomic E-state index is 0.0444. The number of oxime groups is 1. The number of hydrogen-bond acceptors (Lipinski definition) is 6. The summed E-state index contributed by atoms with van der Waals surface area (Å²) in [6, 6.07) is 8.85. The number of rotatable bonds is 5. The van der Waals surface area contributed by atoms with Crippen LogP contribution in [0.25, 0.3) is 0 Å². The second kappa shape index (κ2) is 6.93. The van der Waals surface area contributed by atoms with Crippen LogP contribution in [0.4, 0.5) is 5.69 Å². The fourth-order valence-electron chi connectivity index (χ4n) is 1.61. The van der Waals surface area contributed by atoms with Crippen LogP contribution in [-0.2, 0) is 16.1 Å². The first-order chi connectivity index (χ1) is 10.6. The van der Waals surface area contributed by atoms with E-state index in [2.05, 4.69) is 10.1 Å². The van der Waals surface area contributed by atoms with Gasteiger partial charge in [-0.05, 0) is 17.7 Å². The van der Waals surface area contributed by atoms with Crippen molar-refractivity contribution in [3.8, 4) is 0 Å². The molecule has 0 spiro atoms. The molecule has 2 aromatic rings. The molecular weight excluding hydrogens is 288 g/mol. The summed E-state index contributed by atoms with van der Waals surface area (Å²) >= 11 is 0. The number of nitrogens with zero attached hydrogens (tertiary/aromatic N) is 3. The number of benzene rings is 1. The number of carbonyl (C=O) groups is 1. The van der Waals surface area contributed by atoms with Gasteiger partial charge in [0.2, 0.25) is 0 Å². The molecule has 22 heavy (non-hydrogen) atoms. The van der Waals surface area contributed by atoms with E-state index in [-0.39, 0.29) is 17.9 Å². The van der Waals surface area contributed by atoms with Crippen LogP contribution in [0.3, 0.4) is 0 Å². The van der Waals surface area contributed by atoms with Crippen molar-refractivity contribution in [3.05, 3.63) is 70.0 Å². The first-order valence-electron chi connectivity index (χ1n) is 6.23. The molecule has 1 aromatic carbocycles. The van der Waals surface area contributed by atoms with Crippen LogP contribution in [0.1, 0.15) is 11.1 Å². The van der Waals surface area contributed by atoms with Crippen LogP contribution < -0.4 is 5.73 Å². The molecule has 8 nitrogen and oxygen atoms in total. The maximum Gasteiger partial charge on any atom is 0.339 e. The van der Waals surface area contributed by atoms with Gasteiger partial charge < -0.3 is 10.6 Å². The molecule has 0 aliphatic carbocycles. The Hall–Kier alpha value is -3.29. The number of nitrogens with two attached hydrogens (primary N) is 1. The highest BCUT2D eigenvalue weighted by atomic mass is 16.7. The van der Waals surface area contributed by atoms with Gasteiger partial charge in [0.25, 0.3) is 5.69 Å². The summed E-state index contributed by atoms with van der Waals surface area (Å²) in [6.45, 7) is 0. The maximum absolute atomic E-state index is 11.6. The fourth-order valence-corrected chi connectivity index (χ4v) is 1.61. The van der Waals surface area contributed by atoms with Gasteiger partial charge in [0.05, 0.1) is 11.3 Å². The van der Waals surface area contributed by atoms with Crippen molar-refractivity contribution in [2.24, 2.45) is 10.9 Å². The van der Waals surface area contributed by atoms with Gasteiger partial charge in [-0.25, -0.2) is 4.79 Å². The third-order valence-corrected chi connectivity index (χ3v) is 2.72. The molecular formula is C14H12N4O4.